The summed E-state index contributed by atoms with van der Waals surface area (Å²) in [7, 11) is 9.62. The van der Waals surface area contributed by atoms with Crippen molar-refractivity contribution in [2.75, 3.05) is 42.3 Å². The summed E-state index contributed by atoms with van der Waals surface area (Å²) in [5, 5.41) is 3.85. The van der Waals surface area contributed by atoms with Crippen LogP contribution < -0.4 is 0 Å². The maximum absolute atomic E-state index is 11.9. The molecule has 0 heterocycles. The quantitative estimate of drug-likeness (QED) is 0.469. The molecule has 0 N–H and O–H groups in total. The molecular weight excluding hydrogens is 253 g/mol. The Morgan fingerprint density at radius 3 is 1.07 bits per heavy atom. The molecule has 0 fully saturated rings. The second kappa shape index (κ2) is 5.87. The number of rotatable bonds is 6. The topological polar surface area (TPSA) is 54.5 Å². The summed E-state index contributed by atoms with van der Waals surface area (Å²) in [6.07, 6.45) is 0. The molecule has 0 rings (SSSR count). The van der Waals surface area contributed by atoms with Crippen LogP contribution in [0.25, 0.3) is 0 Å². The summed E-state index contributed by atoms with van der Waals surface area (Å²) >= 11 is -4.27. The molecule has 0 aromatic heterocycles. The van der Waals surface area contributed by atoms with Crippen LogP contribution in [0.3, 0.4) is 0 Å². The molecule has 0 bridgehead atoms. The molecule has 8 heteroatoms. The van der Waals surface area contributed by atoms with Crippen molar-refractivity contribution in [3.63, 3.8) is 0 Å². The Morgan fingerprint density at radius 1 is 0.714 bits per heavy atom. The predicted octanol–water partition coefficient (Wildman–Crippen LogP) is -0.668. The molecule has 14 heavy (non-hydrogen) atoms. The fourth-order valence-electron chi connectivity index (χ4n) is 0.645. The van der Waals surface area contributed by atoms with Gasteiger partial charge in [-0.15, -0.1) is 0 Å². The second-order valence-electron chi connectivity index (χ2n) is 3.13. The fourth-order valence-corrected chi connectivity index (χ4v) is 3.35. The Kier molecular flexibility index (Phi) is 5.92. The average Bonchev–Trinajstić information content (AvgIpc) is 1.76. The first-order valence-corrected chi connectivity index (χ1v) is 7.03. The number of hydrogen-bond donors (Lipinski definition) is 0. The van der Waals surface area contributed by atoms with Crippen molar-refractivity contribution in [2.24, 2.45) is 0 Å². The Morgan fingerprint density at radius 2 is 0.929 bits per heavy atom. The van der Waals surface area contributed by atoms with E-state index < -0.39 is 14.5 Å². The monoisotopic (exact) mass is 271 g/mol. The molecule has 0 radical (unpaired) electrons. The minimum atomic E-state index is -4.27. The van der Waals surface area contributed by atoms with E-state index in [0.29, 0.717) is 0 Å². The molecule has 86 valence electrons. The van der Waals surface area contributed by atoms with Crippen molar-refractivity contribution in [3.05, 3.63) is 0 Å². The molecule has 7 nitrogen and oxygen atoms in total. The summed E-state index contributed by atoms with van der Waals surface area (Å²) in [4.78, 5) is 0. The number of hydroxylamine groups is 6. The van der Waals surface area contributed by atoms with E-state index >= 15 is 0 Å². The molecular formula is C6H18AsN3O4. The van der Waals surface area contributed by atoms with E-state index in [-0.39, 0.29) is 0 Å². The summed E-state index contributed by atoms with van der Waals surface area (Å²) in [6.45, 7) is 0. The number of nitrogens with zero attached hydrogens (tertiary/aromatic N) is 3. The van der Waals surface area contributed by atoms with Crippen molar-refractivity contribution in [3.8, 4) is 0 Å². The molecule has 0 aliphatic rings. The van der Waals surface area contributed by atoms with Crippen LogP contribution in [0.1, 0.15) is 0 Å². The van der Waals surface area contributed by atoms with E-state index in [9.17, 15) is 3.74 Å². The first-order chi connectivity index (χ1) is 6.25. The summed E-state index contributed by atoms with van der Waals surface area (Å²) < 4.78 is 26.9. The zero-order chi connectivity index (χ0) is 11.4. The average molecular weight is 271 g/mol. The van der Waals surface area contributed by atoms with Gasteiger partial charge in [-0.05, 0) is 0 Å². The van der Waals surface area contributed by atoms with E-state index in [2.05, 4.69) is 0 Å². The van der Waals surface area contributed by atoms with E-state index in [4.69, 9.17) is 11.5 Å². The van der Waals surface area contributed by atoms with E-state index in [1.807, 2.05) is 0 Å². The van der Waals surface area contributed by atoms with Crippen LogP contribution >= 0.6 is 0 Å². The zero-order valence-electron chi connectivity index (χ0n) is 9.42. The van der Waals surface area contributed by atoms with Crippen LogP contribution in [0, 0.1) is 0 Å². The third-order valence-corrected chi connectivity index (χ3v) is 4.10. The van der Waals surface area contributed by atoms with Gasteiger partial charge >= 0.3 is 87.2 Å². The first-order valence-electron chi connectivity index (χ1n) is 3.96. The zero-order valence-corrected chi connectivity index (χ0v) is 11.3. The van der Waals surface area contributed by atoms with Gasteiger partial charge in [0.15, 0.2) is 0 Å². The molecule has 0 spiro atoms. The Hall–Kier alpha value is 0.118. The maximum atomic E-state index is 11.9. The van der Waals surface area contributed by atoms with Gasteiger partial charge in [-0.3, -0.25) is 0 Å². The molecule has 0 saturated heterocycles. The Bertz CT molecular complexity index is 176. The van der Waals surface area contributed by atoms with Crippen molar-refractivity contribution in [2.45, 2.75) is 0 Å². The molecule has 0 aliphatic carbocycles. The number of hydrogen-bond acceptors (Lipinski definition) is 7. The van der Waals surface area contributed by atoms with Crippen molar-refractivity contribution >= 4 is 14.5 Å². The van der Waals surface area contributed by atoms with Gasteiger partial charge in [-0.25, -0.2) is 0 Å². The van der Waals surface area contributed by atoms with Gasteiger partial charge in [-0.2, -0.15) is 0 Å². The molecule has 0 atom stereocenters. The Labute approximate surface area is 87.7 Å². The standard InChI is InChI=1S/C6H18AsN3O4/c1-8(2)12-7(11,13-9(3)4)14-10(5)6/h1-6H3. The summed E-state index contributed by atoms with van der Waals surface area (Å²) in [5.41, 5.74) is 0. The molecule has 0 aromatic rings. The molecule has 0 amide bonds. The van der Waals surface area contributed by atoms with Gasteiger partial charge in [-0.1, -0.05) is 0 Å². The molecule has 0 aliphatic heterocycles. The van der Waals surface area contributed by atoms with E-state index in [0.717, 1.165) is 0 Å². The van der Waals surface area contributed by atoms with Crippen LogP contribution in [0.5, 0.6) is 0 Å². The van der Waals surface area contributed by atoms with Gasteiger partial charge in [0.05, 0.1) is 0 Å². The van der Waals surface area contributed by atoms with Gasteiger partial charge in [0.25, 0.3) is 0 Å². The normalized spacial score (nSPS) is 13.2. The van der Waals surface area contributed by atoms with Crippen molar-refractivity contribution in [1.29, 1.82) is 0 Å². The first kappa shape index (κ1) is 14.1. The predicted molar refractivity (Wildman–Crippen MR) is 50.8 cm³/mol. The van der Waals surface area contributed by atoms with Gasteiger partial charge in [0.1, 0.15) is 0 Å². The molecule has 0 aromatic carbocycles. The van der Waals surface area contributed by atoms with E-state index in [1.165, 1.54) is 15.2 Å². The van der Waals surface area contributed by atoms with Crippen LogP contribution in [0.4, 0.5) is 0 Å². The third-order valence-electron chi connectivity index (χ3n) is 0.790. The summed E-state index contributed by atoms with van der Waals surface area (Å²) in [5.74, 6) is 0. The Balaban J connectivity index is 4.41. The molecule has 0 saturated carbocycles. The second-order valence-corrected chi connectivity index (χ2v) is 6.03. The van der Waals surface area contributed by atoms with Gasteiger partial charge in [0, 0.05) is 0 Å². The van der Waals surface area contributed by atoms with Crippen molar-refractivity contribution < 1.29 is 15.2 Å². The van der Waals surface area contributed by atoms with Crippen LogP contribution in [-0.4, -0.2) is 72.0 Å². The van der Waals surface area contributed by atoms with Crippen LogP contribution in [-0.2, 0) is 15.2 Å². The molecule has 0 unspecified atom stereocenters. The van der Waals surface area contributed by atoms with Gasteiger partial charge in [0.2, 0.25) is 0 Å². The van der Waals surface area contributed by atoms with Crippen LogP contribution in [0.15, 0.2) is 0 Å². The van der Waals surface area contributed by atoms with Gasteiger partial charge < -0.3 is 0 Å². The SMILES string of the molecule is CN(C)O[As](=O)(ON(C)C)ON(C)C. The minimum absolute atomic E-state index is 1.28. The fraction of sp³-hybridized carbons (Fsp3) is 1.00. The van der Waals surface area contributed by atoms with Crippen molar-refractivity contribution in [1.82, 2.24) is 15.2 Å². The van der Waals surface area contributed by atoms with E-state index in [1.54, 1.807) is 42.3 Å². The third kappa shape index (κ3) is 6.55. The van der Waals surface area contributed by atoms with Crippen LogP contribution in [0.2, 0.25) is 0 Å². The summed E-state index contributed by atoms with van der Waals surface area (Å²) in [6, 6.07) is 0.